The molecule has 30 heavy (non-hydrogen) atoms. The molecule has 1 aromatic heterocycles. The van der Waals surface area contributed by atoms with Gasteiger partial charge in [-0.1, -0.05) is 18.2 Å². The Balaban J connectivity index is 1.59. The first-order valence-corrected chi connectivity index (χ1v) is 9.44. The van der Waals surface area contributed by atoms with Gasteiger partial charge in [0, 0.05) is 32.7 Å². The summed E-state index contributed by atoms with van der Waals surface area (Å²) in [7, 11) is 0. The van der Waals surface area contributed by atoms with Gasteiger partial charge in [0.1, 0.15) is 6.04 Å². The third-order valence-corrected chi connectivity index (χ3v) is 5.17. The Morgan fingerprint density at radius 1 is 1.23 bits per heavy atom. The fourth-order valence-corrected chi connectivity index (χ4v) is 3.55. The summed E-state index contributed by atoms with van der Waals surface area (Å²) in [5.41, 5.74) is 0.412. The fourth-order valence-electron chi connectivity index (χ4n) is 3.55. The number of aromatic nitrogens is 2. The van der Waals surface area contributed by atoms with E-state index < -0.39 is 22.7 Å². The average Bonchev–Trinajstić information content (AvgIpc) is 3.09. The molecule has 1 fully saturated rings. The van der Waals surface area contributed by atoms with Crippen molar-refractivity contribution in [3.8, 4) is 0 Å². The van der Waals surface area contributed by atoms with Gasteiger partial charge in [-0.2, -0.15) is 17.9 Å². The molecule has 0 spiro atoms. The van der Waals surface area contributed by atoms with Gasteiger partial charge in [-0.25, -0.2) is 0 Å². The summed E-state index contributed by atoms with van der Waals surface area (Å²) in [5, 5.41) is 14.8. The third-order valence-electron chi connectivity index (χ3n) is 5.17. The molecular formula is C19H22F3N5O3. The first-order chi connectivity index (χ1) is 14.1. The molecule has 2 aromatic rings. The number of benzene rings is 1. The summed E-state index contributed by atoms with van der Waals surface area (Å²) in [5.74, 6) is -0.507. The largest absolute Gasteiger partial charge is 0.416 e. The van der Waals surface area contributed by atoms with Crippen LogP contribution in [0.5, 0.6) is 0 Å². The molecule has 0 aliphatic carbocycles. The minimum absolute atomic E-state index is 0.199. The SMILES string of the molecule is Cc1cc([N+](=O)[O-])nn1C(C)C(=O)N1CCN(Cc2cccc(C(F)(F)F)c2)CC1. The summed E-state index contributed by atoms with van der Waals surface area (Å²) in [6, 6.07) is 5.87. The second-order valence-corrected chi connectivity index (χ2v) is 7.32. The zero-order valence-electron chi connectivity index (χ0n) is 16.6. The van der Waals surface area contributed by atoms with Gasteiger partial charge in [0.15, 0.2) is 0 Å². The Morgan fingerprint density at radius 3 is 2.47 bits per heavy atom. The third kappa shape index (κ3) is 4.78. The number of nitrogens with zero attached hydrogens (tertiary/aromatic N) is 5. The highest BCUT2D eigenvalue weighted by Gasteiger charge is 2.32. The Bertz CT molecular complexity index is 936. The topological polar surface area (TPSA) is 84.5 Å². The number of halogens is 3. The Morgan fingerprint density at radius 2 is 1.90 bits per heavy atom. The number of rotatable bonds is 5. The Labute approximate surface area is 171 Å². The highest BCUT2D eigenvalue weighted by atomic mass is 19.4. The molecule has 1 amide bonds. The van der Waals surface area contributed by atoms with Crippen LogP contribution in [0.15, 0.2) is 30.3 Å². The van der Waals surface area contributed by atoms with Crippen molar-refractivity contribution in [2.24, 2.45) is 0 Å². The first kappa shape index (κ1) is 21.8. The summed E-state index contributed by atoms with van der Waals surface area (Å²) in [4.78, 5) is 26.7. The van der Waals surface area contributed by atoms with Crippen molar-refractivity contribution in [2.75, 3.05) is 26.2 Å². The highest BCUT2D eigenvalue weighted by molar-refractivity contribution is 5.80. The number of amides is 1. The second kappa shape index (κ2) is 8.42. The minimum Gasteiger partial charge on any atom is -0.358 e. The van der Waals surface area contributed by atoms with Gasteiger partial charge in [-0.15, -0.1) is 0 Å². The lowest BCUT2D eigenvalue weighted by molar-refractivity contribution is -0.389. The van der Waals surface area contributed by atoms with Crippen molar-refractivity contribution in [1.29, 1.82) is 0 Å². The molecular weight excluding hydrogens is 403 g/mol. The van der Waals surface area contributed by atoms with E-state index in [1.165, 1.54) is 16.8 Å². The van der Waals surface area contributed by atoms with Crippen molar-refractivity contribution in [3.63, 3.8) is 0 Å². The van der Waals surface area contributed by atoms with Crippen LogP contribution in [0.2, 0.25) is 0 Å². The van der Waals surface area contributed by atoms with Crippen LogP contribution in [-0.2, 0) is 17.5 Å². The normalized spacial score (nSPS) is 16.5. The maximum Gasteiger partial charge on any atom is 0.416 e. The predicted octanol–water partition coefficient (Wildman–Crippen LogP) is 3.02. The van der Waals surface area contributed by atoms with Crippen molar-refractivity contribution in [2.45, 2.75) is 32.6 Å². The maximum atomic E-state index is 12.9. The number of nitro groups is 1. The molecule has 0 N–H and O–H groups in total. The lowest BCUT2D eigenvalue weighted by Gasteiger charge is -2.35. The number of carbonyl (C=O) groups is 1. The number of aryl methyl sites for hydroxylation is 1. The summed E-state index contributed by atoms with van der Waals surface area (Å²) < 4.78 is 40.0. The van der Waals surface area contributed by atoms with E-state index in [4.69, 9.17) is 0 Å². The standard InChI is InChI=1S/C19H22F3N5O3/c1-13-10-17(27(29)30)23-26(13)14(2)18(28)25-8-6-24(7-9-25)12-15-4-3-5-16(11-15)19(20,21)22/h3-5,10-11,14H,6-9,12H2,1-2H3. The summed E-state index contributed by atoms with van der Waals surface area (Å²) >= 11 is 0. The number of hydrogen-bond acceptors (Lipinski definition) is 5. The highest BCUT2D eigenvalue weighted by Crippen LogP contribution is 2.30. The second-order valence-electron chi connectivity index (χ2n) is 7.32. The Kier molecular flexibility index (Phi) is 6.11. The lowest BCUT2D eigenvalue weighted by Crippen LogP contribution is -2.50. The molecule has 3 rings (SSSR count). The van der Waals surface area contributed by atoms with Crippen molar-refractivity contribution < 1.29 is 22.9 Å². The minimum atomic E-state index is -4.38. The molecule has 8 nitrogen and oxygen atoms in total. The van der Waals surface area contributed by atoms with Crippen LogP contribution < -0.4 is 0 Å². The van der Waals surface area contributed by atoms with Crippen molar-refractivity contribution >= 4 is 11.7 Å². The van der Waals surface area contributed by atoms with Gasteiger partial charge >= 0.3 is 12.0 Å². The van der Waals surface area contributed by atoms with E-state index in [0.717, 1.165) is 12.1 Å². The molecule has 1 aliphatic heterocycles. The maximum absolute atomic E-state index is 12.9. The summed E-state index contributed by atoms with van der Waals surface area (Å²) in [6.07, 6.45) is -4.38. The van der Waals surface area contributed by atoms with E-state index in [1.54, 1.807) is 24.8 Å². The number of alkyl halides is 3. The van der Waals surface area contributed by atoms with Crippen LogP contribution in [-0.4, -0.2) is 56.6 Å². The quantitative estimate of drug-likeness (QED) is 0.543. The van der Waals surface area contributed by atoms with Crippen LogP contribution in [0.4, 0.5) is 19.0 Å². The molecule has 162 valence electrons. The smallest absolute Gasteiger partial charge is 0.358 e. The molecule has 1 aliphatic rings. The fraction of sp³-hybridized carbons (Fsp3) is 0.474. The van der Waals surface area contributed by atoms with E-state index in [1.807, 2.05) is 4.90 Å². The van der Waals surface area contributed by atoms with Gasteiger partial charge in [0.2, 0.25) is 5.91 Å². The first-order valence-electron chi connectivity index (χ1n) is 9.44. The van der Waals surface area contributed by atoms with E-state index in [-0.39, 0.29) is 11.7 Å². The predicted molar refractivity (Wildman–Crippen MR) is 102 cm³/mol. The van der Waals surface area contributed by atoms with Crippen LogP contribution >= 0.6 is 0 Å². The number of hydrogen-bond donors (Lipinski definition) is 0. The molecule has 1 atom stereocenters. The van der Waals surface area contributed by atoms with Crippen LogP contribution in [0.1, 0.15) is 29.8 Å². The Hall–Kier alpha value is -2.95. The van der Waals surface area contributed by atoms with Gasteiger partial charge in [0.25, 0.3) is 0 Å². The average molecular weight is 425 g/mol. The molecule has 1 saturated heterocycles. The van der Waals surface area contributed by atoms with E-state index in [9.17, 15) is 28.1 Å². The lowest BCUT2D eigenvalue weighted by atomic mass is 10.1. The number of piperazine rings is 1. The van der Waals surface area contributed by atoms with E-state index in [0.29, 0.717) is 44.0 Å². The van der Waals surface area contributed by atoms with Crippen LogP contribution in [0.3, 0.4) is 0 Å². The molecule has 0 radical (unpaired) electrons. The van der Waals surface area contributed by atoms with Gasteiger partial charge in [0.05, 0.1) is 22.4 Å². The summed E-state index contributed by atoms with van der Waals surface area (Å²) in [6.45, 7) is 5.54. The van der Waals surface area contributed by atoms with Crippen molar-refractivity contribution in [3.05, 3.63) is 57.3 Å². The van der Waals surface area contributed by atoms with Crippen LogP contribution in [0, 0.1) is 17.0 Å². The van der Waals surface area contributed by atoms with Crippen LogP contribution in [0.25, 0.3) is 0 Å². The number of carbonyl (C=O) groups excluding carboxylic acids is 1. The van der Waals surface area contributed by atoms with Gasteiger partial charge in [-0.05, 0) is 30.4 Å². The van der Waals surface area contributed by atoms with Gasteiger partial charge in [-0.3, -0.25) is 9.69 Å². The molecule has 11 heteroatoms. The van der Waals surface area contributed by atoms with E-state index in [2.05, 4.69) is 5.10 Å². The monoisotopic (exact) mass is 425 g/mol. The zero-order chi connectivity index (χ0) is 22.1. The molecule has 1 aromatic carbocycles. The van der Waals surface area contributed by atoms with E-state index >= 15 is 0 Å². The van der Waals surface area contributed by atoms with Crippen molar-refractivity contribution in [1.82, 2.24) is 19.6 Å². The zero-order valence-corrected chi connectivity index (χ0v) is 16.6. The molecule has 1 unspecified atom stereocenters. The molecule has 2 heterocycles. The molecule has 0 saturated carbocycles. The molecule has 0 bridgehead atoms. The van der Waals surface area contributed by atoms with Gasteiger partial charge < -0.3 is 15.0 Å².